The van der Waals surface area contributed by atoms with Gasteiger partial charge in [-0.25, -0.2) is 0 Å². The molecule has 1 aliphatic heterocycles. The van der Waals surface area contributed by atoms with Crippen molar-refractivity contribution in [1.82, 2.24) is 5.32 Å². The summed E-state index contributed by atoms with van der Waals surface area (Å²) in [5, 5.41) is 3.62. The summed E-state index contributed by atoms with van der Waals surface area (Å²) in [5.74, 6) is 2.75. The molecule has 1 heterocycles. The fourth-order valence-electron chi connectivity index (χ4n) is 4.48. The fourth-order valence-corrected chi connectivity index (χ4v) is 4.48. The summed E-state index contributed by atoms with van der Waals surface area (Å²) >= 11 is 0. The Morgan fingerprint density at radius 3 is 2.52 bits per heavy atom. The van der Waals surface area contributed by atoms with Crippen LogP contribution in [0.2, 0.25) is 0 Å². The second-order valence-electron chi connectivity index (χ2n) is 8.53. The zero-order chi connectivity index (χ0) is 20.7. The topological polar surface area (TPSA) is 39.7 Å². The molecule has 4 nitrogen and oxygen atoms in total. The Kier molecular flexibility index (Phi) is 7.57. The minimum Gasteiger partial charge on any atom is -0.493 e. The van der Waals surface area contributed by atoms with Crippen LogP contribution in [0.15, 0.2) is 48.5 Å². The molecule has 1 saturated heterocycles. The fraction of sp³-hybridized carbons (Fsp3) is 0.520. The van der Waals surface area contributed by atoms with E-state index in [0.29, 0.717) is 11.8 Å². The van der Waals surface area contributed by atoms with Gasteiger partial charge in [-0.2, -0.15) is 0 Å². The molecule has 29 heavy (non-hydrogen) atoms. The molecule has 4 heteroatoms. The summed E-state index contributed by atoms with van der Waals surface area (Å²) in [4.78, 5) is 0. The Hall–Kier alpha value is -2.04. The summed E-state index contributed by atoms with van der Waals surface area (Å²) < 4.78 is 16.7. The lowest BCUT2D eigenvalue weighted by Crippen LogP contribution is -2.36. The Labute approximate surface area is 175 Å². The molecule has 0 aromatic heterocycles. The van der Waals surface area contributed by atoms with E-state index >= 15 is 0 Å². The van der Waals surface area contributed by atoms with E-state index in [1.807, 2.05) is 12.1 Å². The minimum atomic E-state index is -0.0248. The first-order valence-electron chi connectivity index (χ1n) is 10.6. The lowest BCUT2D eigenvalue weighted by atomic mass is 9.75. The van der Waals surface area contributed by atoms with Crippen molar-refractivity contribution in [2.45, 2.75) is 51.2 Å². The van der Waals surface area contributed by atoms with Gasteiger partial charge in [0.2, 0.25) is 0 Å². The average molecular weight is 398 g/mol. The predicted octanol–water partition coefficient (Wildman–Crippen LogP) is 5.17. The van der Waals surface area contributed by atoms with Crippen molar-refractivity contribution in [3.05, 3.63) is 59.7 Å². The maximum Gasteiger partial charge on any atom is 0.161 e. The van der Waals surface area contributed by atoms with Crippen molar-refractivity contribution >= 4 is 0 Å². The van der Waals surface area contributed by atoms with Gasteiger partial charge in [0.1, 0.15) is 0 Å². The second kappa shape index (κ2) is 10.1. The quantitative estimate of drug-likeness (QED) is 0.593. The van der Waals surface area contributed by atoms with Gasteiger partial charge in [0, 0.05) is 13.2 Å². The van der Waals surface area contributed by atoms with Crippen LogP contribution in [0, 0.1) is 5.92 Å². The standard InChI is InChI=1S/C25H35NO3/c1-25(2)17-21(13-15-29-25)22(20-8-6-5-7-9-20)12-14-26-18-19-10-11-23(27-3)24(16-19)28-4/h5-11,16,21-22,26H,12-15,17-18H2,1-4H3/t21-,22-/m1/s1. The molecule has 0 unspecified atom stereocenters. The van der Waals surface area contributed by atoms with Crippen molar-refractivity contribution in [2.24, 2.45) is 5.92 Å². The van der Waals surface area contributed by atoms with Crippen LogP contribution in [-0.4, -0.2) is 33.0 Å². The smallest absolute Gasteiger partial charge is 0.161 e. The number of nitrogens with one attached hydrogen (secondary N) is 1. The van der Waals surface area contributed by atoms with E-state index < -0.39 is 0 Å². The van der Waals surface area contributed by atoms with Crippen molar-refractivity contribution in [2.75, 3.05) is 27.4 Å². The molecule has 0 bridgehead atoms. The lowest BCUT2D eigenvalue weighted by Gasteiger charge is -2.39. The van der Waals surface area contributed by atoms with Crippen LogP contribution in [-0.2, 0) is 11.3 Å². The summed E-state index contributed by atoms with van der Waals surface area (Å²) in [6.07, 6.45) is 3.37. The number of hydrogen-bond acceptors (Lipinski definition) is 4. The number of methoxy groups -OCH3 is 2. The van der Waals surface area contributed by atoms with E-state index in [1.54, 1.807) is 14.2 Å². The minimum absolute atomic E-state index is 0.0248. The summed E-state index contributed by atoms with van der Waals surface area (Å²) in [7, 11) is 3.34. The molecule has 1 aliphatic rings. The Morgan fingerprint density at radius 2 is 1.83 bits per heavy atom. The highest BCUT2D eigenvalue weighted by atomic mass is 16.5. The van der Waals surface area contributed by atoms with Gasteiger partial charge in [-0.1, -0.05) is 36.4 Å². The molecule has 0 amide bonds. The molecular weight excluding hydrogens is 362 g/mol. The van der Waals surface area contributed by atoms with E-state index in [0.717, 1.165) is 50.5 Å². The molecule has 2 aromatic rings. The third-order valence-electron chi connectivity index (χ3n) is 5.94. The predicted molar refractivity (Wildman–Crippen MR) is 118 cm³/mol. The zero-order valence-electron chi connectivity index (χ0n) is 18.2. The monoisotopic (exact) mass is 397 g/mol. The lowest BCUT2D eigenvalue weighted by molar-refractivity contribution is -0.0771. The maximum absolute atomic E-state index is 5.97. The summed E-state index contributed by atoms with van der Waals surface area (Å²) in [5.41, 5.74) is 2.62. The molecule has 3 rings (SSSR count). The Morgan fingerprint density at radius 1 is 1.07 bits per heavy atom. The molecule has 0 radical (unpaired) electrons. The van der Waals surface area contributed by atoms with Crippen molar-refractivity contribution < 1.29 is 14.2 Å². The third kappa shape index (κ3) is 5.97. The second-order valence-corrected chi connectivity index (χ2v) is 8.53. The molecule has 1 fully saturated rings. The number of hydrogen-bond donors (Lipinski definition) is 1. The number of rotatable bonds is 9. The first-order valence-corrected chi connectivity index (χ1v) is 10.6. The van der Waals surface area contributed by atoms with E-state index in [-0.39, 0.29) is 5.60 Å². The van der Waals surface area contributed by atoms with Gasteiger partial charge < -0.3 is 19.5 Å². The Bertz CT molecular complexity index is 760. The van der Waals surface area contributed by atoms with Gasteiger partial charge >= 0.3 is 0 Å². The highest BCUT2D eigenvalue weighted by Gasteiger charge is 2.33. The molecule has 1 N–H and O–H groups in total. The largest absolute Gasteiger partial charge is 0.493 e. The Balaban J connectivity index is 1.60. The molecule has 158 valence electrons. The van der Waals surface area contributed by atoms with E-state index in [4.69, 9.17) is 14.2 Å². The molecule has 2 atom stereocenters. The highest BCUT2D eigenvalue weighted by Crippen LogP contribution is 2.39. The molecule has 2 aromatic carbocycles. The van der Waals surface area contributed by atoms with Crippen molar-refractivity contribution in [3.8, 4) is 11.5 Å². The van der Waals surface area contributed by atoms with Crippen LogP contribution in [0.25, 0.3) is 0 Å². The van der Waals surface area contributed by atoms with Gasteiger partial charge in [-0.05, 0) is 74.8 Å². The molecule has 0 spiro atoms. The van der Waals surface area contributed by atoms with Crippen molar-refractivity contribution in [3.63, 3.8) is 0 Å². The zero-order valence-corrected chi connectivity index (χ0v) is 18.2. The van der Waals surface area contributed by atoms with E-state index in [1.165, 1.54) is 11.1 Å². The van der Waals surface area contributed by atoms with Crippen LogP contribution >= 0.6 is 0 Å². The van der Waals surface area contributed by atoms with Crippen LogP contribution < -0.4 is 14.8 Å². The maximum atomic E-state index is 5.97. The highest BCUT2D eigenvalue weighted by molar-refractivity contribution is 5.42. The van der Waals surface area contributed by atoms with E-state index in [9.17, 15) is 0 Å². The van der Waals surface area contributed by atoms with Crippen LogP contribution in [0.3, 0.4) is 0 Å². The average Bonchev–Trinajstić information content (AvgIpc) is 2.73. The van der Waals surface area contributed by atoms with Gasteiger partial charge in [0.05, 0.1) is 19.8 Å². The van der Waals surface area contributed by atoms with Gasteiger partial charge in [0.25, 0.3) is 0 Å². The summed E-state index contributed by atoms with van der Waals surface area (Å²) in [6, 6.07) is 17.1. The molecule has 0 saturated carbocycles. The first kappa shape index (κ1) is 21.7. The third-order valence-corrected chi connectivity index (χ3v) is 5.94. The normalized spacial score (nSPS) is 19.5. The summed E-state index contributed by atoms with van der Waals surface area (Å²) in [6.45, 7) is 7.10. The SMILES string of the molecule is COc1ccc(CNCC[C@H](c2ccccc2)[C@@H]2CCOC(C)(C)C2)cc1OC. The van der Waals surface area contributed by atoms with Gasteiger partial charge in [-0.15, -0.1) is 0 Å². The molecule has 0 aliphatic carbocycles. The van der Waals surface area contributed by atoms with E-state index in [2.05, 4.69) is 55.6 Å². The van der Waals surface area contributed by atoms with Crippen molar-refractivity contribution in [1.29, 1.82) is 0 Å². The molecular formula is C25H35NO3. The first-order chi connectivity index (χ1) is 14.0. The van der Waals surface area contributed by atoms with Gasteiger partial charge in [-0.3, -0.25) is 0 Å². The van der Waals surface area contributed by atoms with Gasteiger partial charge in [0.15, 0.2) is 11.5 Å². The van der Waals surface area contributed by atoms with Crippen LogP contribution in [0.1, 0.15) is 50.2 Å². The number of ether oxygens (including phenoxy) is 3. The van der Waals surface area contributed by atoms with Crippen LogP contribution in [0.5, 0.6) is 11.5 Å². The van der Waals surface area contributed by atoms with Crippen LogP contribution in [0.4, 0.5) is 0 Å². The number of benzene rings is 2.